The summed E-state index contributed by atoms with van der Waals surface area (Å²) in [4.78, 5) is 0. The van der Waals surface area contributed by atoms with Crippen LogP contribution in [0, 0.1) is 10.8 Å². The topological polar surface area (TPSA) is 9.23 Å². The third-order valence-electron chi connectivity index (χ3n) is 5.54. The molecule has 2 fully saturated rings. The number of ether oxygens (including phenoxy) is 1. The van der Waals surface area contributed by atoms with Crippen molar-refractivity contribution in [3.05, 3.63) is 71.8 Å². The molecule has 0 N–H and O–H groups in total. The van der Waals surface area contributed by atoms with Crippen molar-refractivity contribution in [2.75, 3.05) is 0 Å². The third kappa shape index (κ3) is 2.16. The predicted octanol–water partition coefficient (Wildman–Crippen LogP) is 4.50. The van der Waals surface area contributed by atoms with Gasteiger partial charge in [0.25, 0.3) is 0 Å². The van der Waals surface area contributed by atoms with Gasteiger partial charge in [-0.15, -0.1) is 0 Å². The second-order valence-electron chi connectivity index (χ2n) is 8.18. The molecule has 1 nitrogen and oxygen atoms in total. The number of rotatable bonds is 2. The Labute approximate surface area is 156 Å². The van der Waals surface area contributed by atoms with Crippen LogP contribution in [0.1, 0.15) is 45.2 Å². The maximum atomic E-state index is 7.23. The second-order valence-corrected chi connectivity index (χ2v) is 14.9. The number of benzene rings is 2. The van der Waals surface area contributed by atoms with Gasteiger partial charge in [-0.05, 0) is 0 Å². The Hall–Kier alpha value is -0.561. The van der Waals surface area contributed by atoms with Crippen LogP contribution in [0.5, 0.6) is 0 Å². The molecule has 2 aliphatic heterocycles. The summed E-state index contributed by atoms with van der Waals surface area (Å²) in [5.41, 5.74) is 3.05. The van der Waals surface area contributed by atoms with E-state index >= 15 is 0 Å². The van der Waals surface area contributed by atoms with E-state index in [1.807, 2.05) is 0 Å². The van der Waals surface area contributed by atoms with Crippen LogP contribution in [0.25, 0.3) is 0 Å². The van der Waals surface area contributed by atoms with Gasteiger partial charge in [0.05, 0.1) is 0 Å². The Morgan fingerprint density at radius 1 is 0.667 bits per heavy atom. The summed E-state index contributed by atoms with van der Waals surface area (Å²) in [5.74, 6) is 0. The van der Waals surface area contributed by atoms with Gasteiger partial charge in [0.1, 0.15) is 0 Å². The Morgan fingerprint density at radius 2 is 1.04 bits per heavy atom. The molecule has 126 valence electrons. The maximum absolute atomic E-state index is 7.23. The van der Waals surface area contributed by atoms with E-state index in [9.17, 15) is 0 Å². The van der Waals surface area contributed by atoms with Crippen molar-refractivity contribution in [2.24, 2.45) is 10.8 Å². The van der Waals surface area contributed by atoms with Crippen LogP contribution in [0.15, 0.2) is 60.7 Å². The third-order valence-corrected chi connectivity index (χ3v) is 16.4. The standard InChI is InChI=1S/C21H24OSe2/c1-18(2)15-19(3,4)21(17-13-9-6-10-14-17)22-20(18,23-24-21)16-11-7-5-8-12-16/h5-14H,15H2,1-4H3. The summed E-state index contributed by atoms with van der Waals surface area (Å²) < 4.78 is 7.02. The van der Waals surface area contributed by atoms with E-state index in [1.54, 1.807) is 0 Å². The van der Waals surface area contributed by atoms with Crippen molar-refractivity contribution in [3.8, 4) is 0 Å². The molecule has 4 rings (SSSR count). The molecule has 0 radical (unpaired) electrons. The zero-order valence-electron chi connectivity index (χ0n) is 14.7. The number of hydrogen-bond acceptors (Lipinski definition) is 1. The Balaban J connectivity index is 1.91. The zero-order chi connectivity index (χ0) is 17.1. The fraction of sp³-hybridized carbons (Fsp3) is 0.429. The van der Waals surface area contributed by atoms with Crippen molar-refractivity contribution in [1.29, 1.82) is 0 Å². The summed E-state index contributed by atoms with van der Waals surface area (Å²) >= 11 is 0.933. The second kappa shape index (κ2) is 5.47. The van der Waals surface area contributed by atoms with E-state index in [2.05, 4.69) is 88.4 Å². The monoisotopic (exact) mass is 452 g/mol. The predicted molar refractivity (Wildman–Crippen MR) is 101 cm³/mol. The van der Waals surface area contributed by atoms with Crippen LogP contribution in [-0.2, 0) is 13.7 Å². The van der Waals surface area contributed by atoms with Crippen LogP contribution in [-0.4, -0.2) is 26.3 Å². The summed E-state index contributed by atoms with van der Waals surface area (Å²) in [6, 6.07) is 22.0. The zero-order valence-corrected chi connectivity index (χ0v) is 18.1. The fourth-order valence-electron chi connectivity index (χ4n) is 4.50. The molecule has 0 saturated carbocycles. The van der Waals surface area contributed by atoms with Gasteiger partial charge in [0.15, 0.2) is 0 Å². The molecule has 2 bridgehead atoms. The van der Waals surface area contributed by atoms with Crippen LogP contribution in [0.3, 0.4) is 0 Å². The van der Waals surface area contributed by atoms with E-state index in [1.165, 1.54) is 17.5 Å². The molecule has 2 atom stereocenters. The van der Waals surface area contributed by atoms with E-state index in [4.69, 9.17) is 4.74 Å². The summed E-state index contributed by atoms with van der Waals surface area (Å²) in [7, 11) is 0. The number of fused-ring (bicyclic) bond motifs is 2. The molecule has 0 amide bonds. The minimum absolute atomic E-state index is 0.105. The normalized spacial score (nSPS) is 33.3. The van der Waals surface area contributed by atoms with Crippen molar-refractivity contribution < 1.29 is 4.74 Å². The molecule has 2 unspecified atom stereocenters. The molecular formula is C21H24OSe2. The summed E-state index contributed by atoms with van der Waals surface area (Å²) in [6.07, 6.45) is 1.19. The molecule has 2 heterocycles. The quantitative estimate of drug-likeness (QED) is 0.613. The van der Waals surface area contributed by atoms with Crippen LogP contribution < -0.4 is 0 Å². The molecule has 24 heavy (non-hydrogen) atoms. The fourth-order valence-corrected chi connectivity index (χ4v) is 18.5. The van der Waals surface area contributed by atoms with Gasteiger partial charge >= 0.3 is 157 Å². The minimum atomic E-state index is -0.105. The van der Waals surface area contributed by atoms with Crippen LogP contribution in [0.4, 0.5) is 0 Å². The van der Waals surface area contributed by atoms with Crippen molar-refractivity contribution in [2.45, 2.75) is 43.1 Å². The van der Waals surface area contributed by atoms with Gasteiger partial charge in [-0.3, -0.25) is 0 Å². The van der Waals surface area contributed by atoms with Crippen molar-refractivity contribution in [1.82, 2.24) is 0 Å². The van der Waals surface area contributed by atoms with Crippen LogP contribution >= 0.6 is 0 Å². The van der Waals surface area contributed by atoms with Gasteiger partial charge in [-0.1, -0.05) is 0 Å². The molecule has 2 saturated heterocycles. The average molecular weight is 450 g/mol. The van der Waals surface area contributed by atoms with Gasteiger partial charge in [0, 0.05) is 0 Å². The molecule has 2 aromatic rings. The van der Waals surface area contributed by atoms with E-state index in [0.717, 1.165) is 0 Å². The first-order valence-electron chi connectivity index (χ1n) is 8.51. The first kappa shape index (κ1) is 16.9. The van der Waals surface area contributed by atoms with Crippen molar-refractivity contribution >= 4 is 26.3 Å². The first-order chi connectivity index (χ1) is 11.3. The van der Waals surface area contributed by atoms with E-state index in [0.29, 0.717) is 26.3 Å². The molecule has 0 aromatic heterocycles. The first-order valence-corrected chi connectivity index (χ1v) is 14.6. The van der Waals surface area contributed by atoms with Gasteiger partial charge < -0.3 is 0 Å². The molecule has 2 aliphatic rings. The van der Waals surface area contributed by atoms with Crippen LogP contribution in [0.2, 0.25) is 0 Å². The van der Waals surface area contributed by atoms with Gasteiger partial charge in [0.2, 0.25) is 0 Å². The van der Waals surface area contributed by atoms with Gasteiger partial charge in [-0.2, -0.15) is 0 Å². The summed E-state index contributed by atoms with van der Waals surface area (Å²) in [6.45, 7) is 9.67. The molecule has 0 spiro atoms. The molecule has 0 aliphatic carbocycles. The average Bonchev–Trinajstić information content (AvgIpc) is 2.97. The van der Waals surface area contributed by atoms with E-state index < -0.39 is 0 Å². The van der Waals surface area contributed by atoms with Gasteiger partial charge in [-0.25, -0.2) is 0 Å². The molecular weight excluding hydrogens is 426 g/mol. The Bertz CT molecular complexity index is 677. The SMILES string of the molecule is CC1(C)CC(C)(C)C2(c3ccccc3)OC1(c1ccccc1)[Se][Se]2. The molecule has 2 aromatic carbocycles. The molecule has 3 heteroatoms. The van der Waals surface area contributed by atoms with E-state index in [-0.39, 0.29) is 19.8 Å². The van der Waals surface area contributed by atoms with Crippen molar-refractivity contribution in [3.63, 3.8) is 0 Å². The summed E-state index contributed by atoms with van der Waals surface area (Å²) in [5, 5.41) is 0. The number of hydrogen-bond donors (Lipinski definition) is 0. The Morgan fingerprint density at radius 3 is 1.42 bits per heavy atom. The Kier molecular flexibility index (Phi) is 3.84.